The van der Waals surface area contributed by atoms with E-state index in [4.69, 9.17) is 0 Å². The Labute approximate surface area is 91.1 Å². The summed E-state index contributed by atoms with van der Waals surface area (Å²) in [5.41, 5.74) is 0. The molecule has 0 saturated carbocycles. The van der Waals surface area contributed by atoms with E-state index in [-0.39, 0.29) is 0 Å². The molecule has 0 aliphatic rings. The van der Waals surface area contributed by atoms with Crippen molar-refractivity contribution in [1.82, 2.24) is 9.97 Å². The van der Waals surface area contributed by atoms with Crippen LogP contribution in [0.4, 0.5) is 5.82 Å². The van der Waals surface area contributed by atoms with Gasteiger partial charge in [-0.3, -0.25) is 0 Å². The zero-order valence-electron chi connectivity index (χ0n) is 7.70. The van der Waals surface area contributed by atoms with E-state index in [1.165, 1.54) is 0 Å². The maximum absolute atomic E-state index is 4.17. The molecular weight excluding hydrogens is 250 g/mol. The fraction of sp³-hybridized carbons (Fsp3) is 0.500. The van der Waals surface area contributed by atoms with E-state index in [9.17, 15) is 0 Å². The maximum atomic E-state index is 4.17. The highest BCUT2D eigenvalue weighted by Gasteiger charge is 2.01. The van der Waals surface area contributed by atoms with E-state index in [2.05, 4.69) is 37.1 Å². The van der Waals surface area contributed by atoms with Gasteiger partial charge in [0.15, 0.2) is 0 Å². The Morgan fingerprint density at radius 1 is 1.54 bits per heavy atom. The van der Waals surface area contributed by atoms with Crippen molar-refractivity contribution in [3.63, 3.8) is 0 Å². The summed E-state index contributed by atoms with van der Waals surface area (Å²) in [7, 11) is 2.03. The molecule has 3 nitrogen and oxygen atoms in total. The normalized spacial score (nSPS) is 10.1. The Hall–Kier alpha value is -0.290. The summed E-state index contributed by atoms with van der Waals surface area (Å²) in [5.74, 6) is 2.06. The molecule has 1 heterocycles. The summed E-state index contributed by atoms with van der Waals surface area (Å²) in [6.07, 6.45) is 3.67. The Bertz CT molecular complexity index is 269. The topological polar surface area (TPSA) is 29.0 Å². The standard InChI is InChI=1S/C8H12BrN3S/c1-12(3-4-13-2)8-5-7(9)10-6-11-8/h5-6H,3-4H2,1-2H3. The summed E-state index contributed by atoms with van der Waals surface area (Å²) in [6.45, 7) is 1.00. The lowest BCUT2D eigenvalue weighted by Crippen LogP contribution is -2.21. The van der Waals surface area contributed by atoms with Crippen molar-refractivity contribution in [3.8, 4) is 0 Å². The second-order valence-corrected chi connectivity index (χ2v) is 4.41. The van der Waals surface area contributed by atoms with Crippen molar-refractivity contribution < 1.29 is 0 Å². The van der Waals surface area contributed by atoms with Crippen LogP contribution in [-0.2, 0) is 0 Å². The van der Waals surface area contributed by atoms with Crippen LogP contribution in [0.3, 0.4) is 0 Å². The molecule has 0 radical (unpaired) electrons. The average Bonchev–Trinajstić information content (AvgIpc) is 2.14. The van der Waals surface area contributed by atoms with Gasteiger partial charge in [0, 0.05) is 25.4 Å². The molecule has 0 N–H and O–H groups in total. The summed E-state index contributed by atoms with van der Waals surface area (Å²) < 4.78 is 0.827. The van der Waals surface area contributed by atoms with E-state index < -0.39 is 0 Å². The van der Waals surface area contributed by atoms with Crippen molar-refractivity contribution in [1.29, 1.82) is 0 Å². The predicted molar refractivity (Wildman–Crippen MR) is 61.4 cm³/mol. The minimum atomic E-state index is 0.827. The lowest BCUT2D eigenvalue weighted by Gasteiger charge is -2.16. The number of aromatic nitrogens is 2. The molecule has 1 aromatic rings. The van der Waals surface area contributed by atoms with Crippen molar-refractivity contribution in [3.05, 3.63) is 17.0 Å². The molecule has 0 fully saturated rings. The van der Waals surface area contributed by atoms with Crippen LogP contribution >= 0.6 is 27.7 Å². The molecule has 0 aliphatic carbocycles. The van der Waals surface area contributed by atoms with E-state index in [1.807, 2.05) is 24.9 Å². The molecule has 0 atom stereocenters. The van der Waals surface area contributed by atoms with Gasteiger partial charge in [-0.05, 0) is 22.2 Å². The molecule has 0 spiro atoms. The van der Waals surface area contributed by atoms with E-state index in [1.54, 1.807) is 6.33 Å². The third kappa shape index (κ3) is 3.52. The SMILES string of the molecule is CSCCN(C)c1cc(Br)ncn1. The van der Waals surface area contributed by atoms with Crippen LogP contribution in [0.2, 0.25) is 0 Å². The highest BCUT2D eigenvalue weighted by Crippen LogP contribution is 2.13. The van der Waals surface area contributed by atoms with Crippen molar-refractivity contribution in [2.45, 2.75) is 0 Å². The molecule has 0 aliphatic heterocycles. The van der Waals surface area contributed by atoms with Gasteiger partial charge in [0.05, 0.1) is 0 Å². The van der Waals surface area contributed by atoms with Gasteiger partial charge < -0.3 is 4.90 Å². The van der Waals surface area contributed by atoms with Gasteiger partial charge in [-0.1, -0.05) is 0 Å². The molecule has 1 rings (SSSR count). The minimum Gasteiger partial charge on any atom is -0.359 e. The summed E-state index contributed by atoms with van der Waals surface area (Å²) >= 11 is 5.15. The van der Waals surface area contributed by atoms with E-state index in [0.717, 1.165) is 22.7 Å². The minimum absolute atomic E-state index is 0.827. The summed E-state index contributed by atoms with van der Waals surface area (Å²) in [6, 6.07) is 1.92. The first-order valence-electron chi connectivity index (χ1n) is 3.91. The summed E-state index contributed by atoms with van der Waals surface area (Å²) in [4.78, 5) is 10.3. The fourth-order valence-electron chi connectivity index (χ4n) is 0.876. The van der Waals surface area contributed by atoms with Gasteiger partial charge in [0.1, 0.15) is 16.7 Å². The maximum Gasteiger partial charge on any atom is 0.132 e. The Morgan fingerprint density at radius 2 is 2.31 bits per heavy atom. The zero-order chi connectivity index (χ0) is 9.68. The van der Waals surface area contributed by atoms with Crippen molar-refractivity contribution in [2.24, 2.45) is 0 Å². The van der Waals surface area contributed by atoms with Gasteiger partial charge in [0.25, 0.3) is 0 Å². The Balaban J connectivity index is 2.60. The number of hydrogen-bond donors (Lipinski definition) is 0. The molecule has 13 heavy (non-hydrogen) atoms. The number of rotatable bonds is 4. The number of nitrogens with zero attached hydrogens (tertiary/aromatic N) is 3. The molecule has 0 unspecified atom stereocenters. The highest BCUT2D eigenvalue weighted by atomic mass is 79.9. The van der Waals surface area contributed by atoms with Gasteiger partial charge >= 0.3 is 0 Å². The lowest BCUT2D eigenvalue weighted by molar-refractivity contribution is 0.933. The van der Waals surface area contributed by atoms with Gasteiger partial charge in [-0.25, -0.2) is 9.97 Å². The Morgan fingerprint density at radius 3 is 2.92 bits per heavy atom. The fourth-order valence-corrected chi connectivity index (χ4v) is 1.63. The van der Waals surface area contributed by atoms with Crippen LogP contribution in [-0.4, -0.2) is 35.6 Å². The first kappa shape index (κ1) is 10.8. The van der Waals surface area contributed by atoms with Gasteiger partial charge in [-0.15, -0.1) is 0 Å². The van der Waals surface area contributed by atoms with Crippen molar-refractivity contribution in [2.75, 3.05) is 30.5 Å². The molecule has 0 saturated heterocycles. The third-order valence-electron chi connectivity index (χ3n) is 1.64. The van der Waals surface area contributed by atoms with Crippen molar-refractivity contribution >= 4 is 33.5 Å². The average molecular weight is 262 g/mol. The quantitative estimate of drug-likeness (QED) is 0.776. The Kier molecular flexibility index (Phi) is 4.52. The van der Waals surface area contributed by atoms with Gasteiger partial charge in [-0.2, -0.15) is 11.8 Å². The summed E-state index contributed by atoms with van der Waals surface area (Å²) in [5, 5.41) is 0. The van der Waals surface area contributed by atoms with Crippen LogP contribution < -0.4 is 4.90 Å². The smallest absolute Gasteiger partial charge is 0.132 e. The monoisotopic (exact) mass is 261 g/mol. The molecule has 0 aromatic carbocycles. The van der Waals surface area contributed by atoms with E-state index in [0.29, 0.717) is 0 Å². The van der Waals surface area contributed by atoms with E-state index >= 15 is 0 Å². The number of thioether (sulfide) groups is 1. The number of halogens is 1. The van der Waals surface area contributed by atoms with Gasteiger partial charge in [0.2, 0.25) is 0 Å². The second kappa shape index (κ2) is 5.44. The molecular formula is C8H12BrN3S. The molecule has 0 bridgehead atoms. The van der Waals surface area contributed by atoms with Crippen LogP contribution in [0.25, 0.3) is 0 Å². The zero-order valence-corrected chi connectivity index (χ0v) is 10.1. The predicted octanol–water partition coefficient (Wildman–Crippen LogP) is 2.04. The molecule has 72 valence electrons. The van der Waals surface area contributed by atoms with Crippen LogP contribution in [0.15, 0.2) is 17.0 Å². The van der Waals surface area contributed by atoms with Crippen LogP contribution in [0.5, 0.6) is 0 Å². The molecule has 5 heteroatoms. The number of hydrogen-bond acceptors (Lipinski definition) is 4. The number of anilines is 1. The van der Waals surface area contributed by atoms with Crippen LogP contribution in [0.1, 0.15) is 0 Å². The molecule has 1 aromatic heterocycles. The first-order valence-corrected chi connectivity index (χ1v) is 6.10. The highest BCUT2D eigenvalue weighted by molar-refractivity contribution is 9.10. The van der Waals surface area contributed by atoms with Crippen LogP contribution in [0, 0.1) is 0 Å². The first-order chi connectivity index (χ1) is 6.24. The molecule has 0 amide bonds. The largest absolute Gasteiger partial charge is 0.359 e. The third-order valence-corrected chi connectivity index (χ3v) is 2.67. The lowest BCUT2D eigenvalue weighted by atomic mass is 10.5. The second-order valence-electron chi connectivity index (χ2n) is 2.61.